The van der Waals surface area contributed by atoms with Crippen LogP contribution < -0.4 is 5.32 Å². The molecule has 0 saturated carbocycles. The molecule has 0 aliphatic heterocycles. The van der Waals surface area contributed by atoms with Crippen LogP contribution in [-0.4, -0.2) is 26.5 Å². The van der Waals surface area contributed by atoms with Crippen LogP contribution in [0, 0.1) is 5.41 Å². The molecule has 0 aliphatic carbocycles. The van der Waals surface area contributed by atoms with Crippen LogP contribution >= 0.6 is 0 Å². The van der Waals surface area contributed by atoms with Gasteiger partial charge in [0.05, 0.1) is 12.4 Å². The lowest BCUT2D eigenvalue weighted by molar-refractivity contribution is -0.122. The van der Waals surface area contributed by atoms with E-state index in [1.165, 1.54) is 0 Å². The summed E-state index contributed by atoms with van der Waals surface area (Å²) in [4.78, 5) is 20.6. The molecule has 0 spiro atoms. The van der Waals surface area contributed by atoms with E-state index in [2.05, 4.69) is 36.1 Å². The summed E-state index contributed by atoms with van der Waals surface area (Å²) in [5.41, 5.74) is 1.02. The van der Waals surface area contributed by atoms with E-state index >= 15 is 0 Å². The Bertz CT molecular complexity index is 587. The van der Waals surface area contributed by atoms with Crippen molar-refractivity contribution in [3.05, 3.63) is 48.8 Å². The van der Waals surface area contributed by atoms with Gasteiger partial charge in [0, 0.05) is 37.3 Å². The molecule has 124 valence electrons. The van der Waals surface area contributed by atoms with Gasteiger partial charge in [0.1, 0.15) is 0 Å². The molecule has 1 atom stereocenters. The van der Waals surface area contributed by atoms with Gasteiger partial charge in [0.25, 0.3) is 0 Å². The number of hydrogen-bond donors (Lipinski definition) is 1. The van der Waals surface area contributed by atoms with Crippen LogP contribution in [0.2, 0.25) is 0 Å². The van der Waals surface area contributed by atoms with Gasteiger partial charge in [0.2, 0.25) is 5.91 Å². The highest BCUT2D eigenvalue weighted by Gasteiger charge is 2.26. The second-order valence-corrected chi connectivity index (χ2v) is 6.92. The Morgan fingerprint density at radius 3 is 2.74 bits per heavy atom. The van der Waals surface area contributed by atoms with E-state index in [4.69, 9.17) is 0 Å². The largest absolute Gasteiger partial charge is 0.351 e. The van der Waals surface area contributed by atoms with Crippen LogP contribution in [0.25, 0.3) is 0 Å². The molecule has 2 aromatic rings. The maximum Gasteiger partial charge on any atom is 0.220 e. The third kappa shape index (κ3) is 5.85. The standard InChI is InChI=1S/C18H26N4O/c1-18(2,3)16(13-22-12-11-19-14-22)21-17(23)9-6-8-15-7-4-5-10-20-15/h4-5,7,10-12,14,16H,6,8-9,13H2,1-3H3,(H,21,23). The number of amides is 1. The van der Waals surface area contributed by atoms with E-state index in [1.54, 1.807) is 18.7 Å². The van der Waals surface area contributed by atoms with Crippen LogP contribution in [0.3, 0.4) is 0 Å². The molecule has 1 N–H and O–H groups in total. The average Bonchev–Trinajstić information content (AvgIpc) is 3.00. The van der Waals surface area contributed by atoms with Gasteiger partial charge >= 0.3 is 0 Å². The van der Waals surface area contributed by atoms with Gasteiger partial charge in [-0.25, -0.2) is 4.98 Å². The first-order valence-corrected chi connectivity index (χ1v) is 8.10. The molecule has 0 bridgehead atoms. The van der Waals surface area contributed by atoms with E-state index in [0.29, 0.717) is 6.42 Å². The maximum absolute atomic E-state index is 12.3. The lowest BCUT2D eigenvalue weighted by atomic mass is 9.86. The quantitative estimate of drug-likeness (QED) is 0.855. The molecular weight excluding hydrogens is 288 g/mol. The number of imidazole rings is 1. The van der Waals surface area contributed by atoms with Gasteiger partial charge in [-0.15, -0.1) is 0 Å². The molecule has 5 heteroatoms. The van der Waals surface area contributed by atoms with Gasteiger partial charge in [0.15, 0.2) is 0 Å². The summed E-state index contributed by atoms with van der Waals surface area (Å²) in [6, 6.07) is 5.94. The maximum atomic E-state index is 12.3. The van der Waals surface area contributed by atoms with Crippen LogP contribution in [-0.2, 0) is 17.8 Å². The number of nitrogens with one attached hydrogen (secondary N) is 1. The smallest absolute Gasteiger partial charge is 0.220 e. The molecule has 0 fully saturated rings. The van der Waals surface area contributed by atoms with Crippen LogP contribution in [0.1, 0.15) is 39.3 Å². The van der Waals surface area contributed by atoms with E-state index in [1.807, 2.05) is 29.0 Å². The fourth-order valence-corrected chi connectivity index (χ4v) is 2.38. The van der Waals surface area contributed by atoms with E-state index in [-0.39, 0.29) is 17.4 Å². The zero-order chi connectivity index (χ0) is 16.7. The number of aryl methyl sites for hydroxylation is 1. The zero-order valence-electron chi connectivity index (χ0n) is 14.2. The van der Waals surface area contributed by atoms with Crippen molar-refractivity contribution in [2.24, 2.45) is 5.41 Å². The van der Waals surface area contributed by atoms with Crippen molar-refractivity contribution in [2.45, 2.75) is 52.6 Å². The molecular formula is C18H26N4O. The highest BCUT2D eigenvalue weighted by atomic mass is 16.1. The van der Waals surface area contributed by atoms with Crippen molar-refractivity contribution >= 4 is 5.91 Å². The minimum atomic E-state index is -0.0130. The zero-order valence-corrected chi connectivity index (χ0v) is 14.2. The van der Waals surface area contributed by atoms with Crippen molar-refractivity contribution < 1.29 is 4.79 Å². The number of aromatic nitrogens is 3. The Kier molecular flexibility index (Phi) is 5.90. The number of pyridine rings is 1. The Balaban J connectivity index is 1.82. The third-order valence-corrected chi connectivity index (χ3v) is 3.90. The minimum Gasteiger partial charge on any atom is -0.351 e. The minimum absolute atomic E-state index is 0.0130. The molecule has 2 aromatic heterocycles. The van der Waals surface area contributed by atoms with Crippen molar-refractivity contribution in [3.63, 3.8) is 0 Å². The Morgan fingerprint density at radius 1 is 1.30 bits per heavy atom. The van der Waals surface area contributed by atoms with Crippen LogP contribution in [0.4, 0.5) is 0 Å². The number of nitrogens with zero attached hydrogens (tertiary/aromatic N) is 3. The number of hydrogen-bond acceptors (Lipinski definition) is 3. The first-order chi connectivity index (χ1) is 10.9. The third-order valence-electron chi connectivity index (χ3n) is 3.90. The van der Waals surface area contributed by atoms with Crippen molar-refractivity contribution in [3.8, 4) is 0 Å². The van der Waals surface area contributed by atoms with E-state index in [9.17, 15) is 4.79 Å². The Hall–Kier alpha value is -2.17. The lowest BCUT2D eigenvalue weighted by Crippen LogP contribution is -2.46. The SMILES string of the molecule is CC(C)(C)C(Cn1ccnc1)NC(=O)CCCc1ccccn1. The normalized spacial score (nSPS) is 12.8. The summed E-state index contributed by atoms with van der Waals surface area (Å²) >= 11 is 0. The highest BCUT2D eigenvalue weighted by Crippen LogP contribution is 2.21. The number of carbonyl (C=O) groups is 1. The molecule has 1 unspecified atom stereocenters. The van der Waals surface area contributed by atoms with Crippen molar-refractivity contribution in [1.29, 1.82) is 0 Å². The van der Waals surface area contributed by atoms with E-state index in [0.717, 1.165) is 25.1 Å². The van der Waals surface area contributed by atoms with Crippen molar-refractivity contribution in [2.75, 3.05) is 0 Å². The summed E-state index contributed by atoms with van der Waals surface area (Å²) in [6.07, 6.45) is 9.41. The fourth-order valence-electron chi connectivity index (χ4n) is 2.38. The molecule has 23 heavy (non-hydrogen) atoms. The topological polar surface area (TPSA) is 59.8 Å². The van der Waals surface area contributed by atoms with Crippen LogP contribution in [0.15, 0.2) is 43.1 Å². The summed E-state index contributed by atoms with van der Waals surface area (Å²) < 4.78 is 2.00. The first-order valence-electron chi connectivity index (χ1n) is 8.10. The predicted molar refractivity (Wildman–Crippen MR) is 90.8 cm³/mol. The lowest BCUT2D eigenvalue weighted by Gasteiger charge is -2.31. The summed E-state index contributed by atoms with van der Waals surface area (Å²) in [7, 11) is 0. The molecule has 0 radical (unpaired) electrons. The first kappa shape index (κ1) is 17.2. The molecule has 0 saturated heterocycles. The fraction of sp³-hybridized carbons (Fsp3) is 0.500. The predicted octanol–water partition coefficient (Wildman–Crippen LogP) is 2.83. The second-order valence-electron chi connectivity index (χ2n) is 6.92. The summed E-state index contributed by atoms with van der Waals surface area (Å²) in [5.74, 6) is 0.0981. The van der Waals surface area contributed by atoms with Crippen LogP contribution in [0.5, 0.6) is 0 Å². The van der Waals surface area contributed by atoms with Crippen molar-refractivity contribution in [1.82, 2.24) is 19.9 Å². The van der Waals surface area contributed by atoms with Gasteiger partial charge in [-0.2, -0.15) is 0 Å². The molecule has 1 amide bonds. The monoisotopic (exact) mass is 314 g/mol. The van der Waals surface area contributed by atoms with Gasteiger partial charge in [-0.05, 0) is 30.4 Å². The second kappa shape index (κ2) is 7.90. The Morgan fingerprint density at radius 2 is 2.13 bits per heavy atom. The Labute approximate surface area is 138 Å². The molecule has 0 aromatic carbocycles. The molecule has 2 heterocycles. The van der Waals surface area contributed by atoms with Gasteiger partial charge in [-0.3, -0.25) is 9.78 Å². The summed E-state index contributed by atoms with van der Waals surface area (Å²) in [5, 5.41) is 3.17. The van der Waals surface area contributed by atoms with Gasteiger partial charge < -0.3 is 9.88 Å². The number of rotatable bonds is 7. The number of carbonyl (C=O) groups excluding carboxylic acids is 1. The highest BCUT2D eigenvalue weighted by molar-refractivity contribution is 5.76. The average molecular weight is 314 g/mol. The molecule has 5 nitrogen and oxygen atoms in total. The molecule has 2 rings (SSSR count). The molecule has 0 aliphatic rings. The van der Waals surface area contributed by atoms with E-state index < -0.39 is 0 Å². The summed E-state index contributed by atoms with van der Waals surface area (Å²) in [6.45, 7) is 7.16. The van der Waals surface area contributed by atoms with Gasteiger partial charge in [-0.1, -0.05) is 26.8 Å².